The van der Waals surface area contributed by atoms with Crippen LogP contribution in [0.4, 0.5) is 8.78 Å². The van der Waals surface area contributed by atoms with E-state index in [1.807, 2.05) is 13.0 Å². The van der Waals surface area contributed by atoms with E-state index in [1.54, 1.807) is 13.0 Å². The van der Waals surface area contributed by atoms with Crippen molar-refractivity contribution < 1.29 is 8.78 Å². The summed E-state index contributed by atoms with van der Waals surface area (Å²) in [5.74, 6) is -0.465. The number of benzene rings is 2. The molecule has 0 spiro atoms. The number of H-pyrrole nitrogens is 1. The number of aromatic amines is 1. The fraction of sp³-hybridized carbons (Fsp3) is 0.387. The zero-order valence-electron chi connectivity index (χ0n) is 22.4. The second-order valence-corrected chi connectivity index (χ2v) is 9.82. The Labute approximate surface area is 220 Å². The van der Waals surface area contributed by atoms with Gasteiger partial charge in [-0.25, -0.2) is 8.78 Å². The normalized spacial score (nSPS) is 12.9. The quantitative estimate of drug-likeness (QED) is 0.218. The number of aliphatic imine (C=N–C) groups is 1. The molecule has 0 aliphatic heterocycles. The van der Waals surface area contributed by atoms with E-state index in [0.717, 1.165) is 54.6 Å². The highest BCUT2D eigenvalue weighted by molar-refractivity contribution is 6.31. The van der Waals surface area contributed by atoms with Crippen LogP contribution in [0.2, 0.25) is 5.02 Å². The molecule has 1 heterocycles. The van der Waals surface area contributed by atoms with Gasteiger partial charge in [0.05, 0.1) is 11.2 Å². The number of nitrogens with zero attached hydrogens (tertiary/aromatic N) is 1. The lowest BCUT2D eigenvalue weighted by molar-refractivity contribution is 0.638. The van der Waals surface area contributed by atoms with Crippen LogP contribution in [0, 0.1) is 12.7 Å². The first-order valence-corrected chi connectivity index (χ1v) is 13.1. The standard InChI is InChI=1S/C21H23ClFN.C10H16FN/c1-4-5-6-16-19-18(12-11-17(22)20(19)23)24-21(16)14(3)15-9-7-13(2)8-10-15;1-5-6-9(4)12-7-10(11)8(2)3/h7-12,14,24H,4-6H2,1-3H3;7H,2,5-6H2,1,3-4H3/b;10-7+,12-9?. The van der Waals surface area contributed by atoms with Crippen LogP contribution in [-0.2, 0) is 6.42 Å². The third-order valence-electron chi connectivity index (χ3n) is 6.20. The van der Waals surface area contributed by atoms with Crippen molar-refractivity contribution in [1.29, 1.82) is 0 Å². The summed E-state index contributed by atoms with van der Waals surface area (Å²) in [6, 6.07) is 12.0. The molecule has 2 nitrogen and oxygen atoms in total. The van der Waals surface area contributed by atoms with Crippen molar-refractivity contribution in [2.45, 2.75) is 79.6 Å². The highest BCUT2D eigenvalue weighted by Gasteiger charge is 2.21. The van der Waals surface area contributed by atoms with Crippen molar-refractivity contribution in [3.05, 3.63) is 93.8 Å². The third-order valence-corrected chi connectivity index (χ3v) is 6.49. The van der Waals surface area contributed by atoms with Crippen LogP contribution in [0.3, 0.4) is 0 Å². The lowest BCUT2D eigenvalue weighted by Crippen LogP contribution is -2.01. The van der Waals surface area contributed by atoms with E-state index in [1.165, 1.54) is 17.3 Å². The van der Waals surface area contributed by atoms with Gasteiger partial charge in [-0.2, -0.15) is 0 Å². The van der Waals surface area contributed by atoms with Gasteiger partial charge in [-0.1, -0.05) is 81.6 Å². The van der Waals surface area contributed by atoms with E-state index in [-0.39, 0.29) is 22.6 Å². The van der Waals surface area contributed by atoms with Crippen molar-refractivity contribution in [3.63, 3.8) is 0 Å². The molecule has 5 heteroatoms. The Bertz CT molecular complexity index is 1220. The topological polar surface area (TPSA) is 28.1 Å². The highest BCUT2D eigenvalue weighted by Crippen LogP contribution is 2.36. The first-order chi connectivity index (χ1) is 17.1. The van der Waals surface area contributed by atoms with Gasteiger partial charge in [0.15, 0.2) is 5.82 Å². The number of rotatable bonds is 9. The van der Waals surface area contributed by atoms with Crippen LogP contribution in [0.1, 0.15) is 88.6 Å². The molecular formula is C31H39ClF2N2. The molecule has 1 N–H and O–H groups in total. The van der Waals surface area contributed by atoms with Crippen LogP contribution in [0.15, 0.2) is 65.6 Å². The Balaban J connectivity index is 0.000000324. The lowest BCUT2D eigenvalue weighted by Gasteiger charge is -2.14. The van der Waals surface area contributed by atoms with Gasteiger partial charge in [-0.15, -0.1) is 0 Å². The maximum atomic E-state index is 14.7. The van der Waals surface area contributed by atoms with Gasteiger partial charge in [-0.3, -0.25) is 4.99 Å². The number of aryl methyl sites for hydroxylation is 2. The Morgan fingerprint density at radius 2 is 1.78 bits per heavy atom. The largest absolute Gasteiger partial charge is 0.358 e. The summed E-state index contributed by atoms with van der Waals surface area (Å²) in [5.41, 5.74) is 6.85. The molecule has 3 rings (SSSR count). The van der Waals surface area contributed by atoms with Crippen molar-refractivity contribution in [3.8, 4) is 0 Å². The molecule has 3 aromatic rings. The third kappa shape index (κ3) is 7.89. The lowest BCUT2D eigenvalue weighted by atomic mass is 9.92. The van der Waals surface area contributed by atoms with Gasteiger partial charge < -0.3 is 4.98 Å². The van der Waals surface area contributed by atoms with E-state index in [9.17, 15) is 8.78 Å². The number of fused-ring (bicyclic) bond motifs is 1. The Morgan fingerprint density at radius 3 is 2.36 bits per heavy atom. The maximum Gasteiger partial charge on any atom is 0.151 e. The smallest absolute Gasteiger partial charge is 0.151 e. The molecule has 0 fully saturated rings. The number of hydrogen-bond acceptors (Lipinski definition) is 1. The summed E-state index contributed by atoms with van der Waals surface area (Å²) in [6.07, 6.45) is 6.16. The van der Waals surface area contributed by atoms with Crippen molar-refractivity contribution in [2.24, 2.45) is 4.99 Å². The molecule has 36 heavy (non-hydrogen) atoms. The molecule has 0 radical (unpaired) electrons. The Hall–Kier alpha value is -2.72. The molecule has 1 unspecified atom stereocenters. The molecule has 2 aromatic carbocycles. The summed E-state index contributed by atoms with van der Waals surface area (Å²) in [6.45, 7) is 15.5. The van der Waals surface area contributed by atoms with Gasteiger partial charge in [0.2, 0.25) is 0 Å². The molecule has 0 aliphatic carbocycles. The van der Waals surface area contributed by atoms with Crippen LogP contribution in [0.25, 0.3) is 10.9 Å². The van der Waals surface area contributed by atoms with Crippen LogP contribution >= 0.6 is 11.6 Å². The van der Waals surface area contributed by atoms with Crippen LogP contribution < -0.4 is 0 Å². The Kier molecular flexibility index (Phi) is 11.6. The zero-order chi connectivity index (χ0) is 26.8. The molecular weight excluding hydrogens is 474 g/mol. The maximum absolute atomic E-state index is 14.7. The van der Waals surface area contributed by atoms with Gasteiger partial charge in [0.25, 0.3) is 0 Å². The van der Waals surface area contributed by atoms with Crippen LogP contribution in [0.5, 0.6) is 0 Å². The fourth-order valence-electron chi connectivity index (χ4n) is 4.01. The molecule has 0 amide bonds. The van der Waals surface area contributed by atoms with Crippen molar-refractivity contribution in [1.82, 2.24) is 4.98 Å². The monoisotopic (exact) mass is 512 g/mol. The summed E-state index contributed by atoms with van der Waals surface area (Å²) < 4.78 is 27.4. The van der Waals surface area contributed by atoms with E-state index < -0.39 is 0 Å². The van der Waals surface area contributed by atoms with Gasteiger partial charge in [0, 0.05) is 28.2 Å². The molecule has 194 valence electrons. The molecule has 0 bridgehead atoms. The number of allylic oxidation sites excluding steroid dienone is 2. The van der Waals surface area contributed by atoms with Gasteiger partial charge >= 0.3 is 0 Å². The predicted molar refractivity (Wildman–Crippen MR) is 153 cm³/mol. The summed E-state index contributed by atoms with van der Waals surface area (Å²) in [4.78, 5) is 7.41. The summed E-state index contributed by atoms with van der Waals surface area (Å²) >= 11 is 6.03. The molecule has 0 saturated carbocycles. The minimum absolute atomic E-state index is 0.183. The van der Waals surface area contributed by atoms with E-state index >= 15 is 0 Å². The highest BCUT2D eigenvalue weighted by atomic mass is 35.5. The minimum atomic E-state index is -0.342. The van der Waals surface area contributed by atoms with E-state index in [0.29, 0.717) is 11.0 Å². The van der Waals surface area contributed by atoms with Crippen molar-refractivity contribution in [2.75, 3.05) is 0 Å². The SMILES string of the molecule is C=C(C)/C(F)=C\N=C(C)CCC.CCCCc1c(C(C)c2ccc(C)cc2)[nH]c2ccc(Cl)c(F)c12. The molecule has 1 atom stereocenters. The summed E-state index contributed by atoms with van der Waals surface area (Å²) in [5, 5.41) is 0.846. The zero-order valence-corrected chi connectivity index (χ0v) is 23.2. The number of halogens is 3. The number of unbranched alkanes of at least 4 members (excludes halogenated alkanes) is 1. The predicted octanol–water partition coefficient (Wildman–Crippen LogP) is 10.4. The first kappa shape index (κ1) is 29.5. The van der Waals surface area contributed by atoms with E-state index in [4.69, 9.17) is 11.6 Å². The second-order valence-electron chi connectivity index (χ2n) is 9.41. The number of nitrogens with one attached hydrogen (secondary N) is 1. The fourth-order valence-corrected chi connectivity index (χ4v) is 4.17. The van der Waals surface area contributed by atoms with Gasteiger partial charge in [0.1, 0.15) is 5.83 Å². The van der Waals surface area contributed by atoms with Crippen molar-refractivity contribution >= 4 is 28.2 Å². The van der Waals surface area contributed by atoms with E-state index in [2.05, 4.69) is 68.5 Å². The van der Waals surface area contributed by atoms with Gasteiger partial charge in [-0.05, 0) is 68.9 Å². The number of hydrogen-bond donors (Lipinski definition) is 1. The number of aromatic nitrogens is 1. The molecule has 0 saturated heterocycles. The average molecular weight is 513 g/mol. The minimum Gasteiger partial charge on any atom is -0.358 e. The second kappa shape index (κ2) is 14.1. The Morgan fingerprint density at radius 1 is 1.11 bits per heavy atom. The molecule has 1 aromatic heterocycles. The first-order valence-electron chi connectivity index (χ1n) is 12.7. The average Bonchev–Trinajstić information content (AvgIpc) is 3.23. The van der Waals surface area contributed by atoms with Crippen LogP contribution in [-0.4, -0.2) is 10.7 Å². The molecule has 0 aliphatic rings. The summed E-state index contributed by atoms with van der Waals surface area (Å²) in [7, 11) is 0.